The number of carboxylic acid groups (broad SMARTS) is 1. The van der Waals surface area contributed by atoms with Crippen LogP contribution in [0.1, 0.15) is 5.01 Å². The molecule has 1 aliphatic heterocycles. The molecule has 92 valence electrons. The third kappa shape index (κ3) is 1.99. The molecule has 0 amide bonds. The lowest BCUT2D eigenvalue weighted by Gasteiger charge is -1.93. The number of benzene rings is 1. The van der Waals surface area contributed by atoms with Crippen molar-refractivity contribution in [2.45, 2.75) is 6.04 Å². The average molecular weight is 282 g/mol. The molecular weight excluding hydrogens is 275 g/mol. The molecule has 0 fully saturated rings. The topological polar surface area (TPSA) is 62.5 Å². The highest BCUT2D eigenvalue weighted by atomic mass is 32.2. The van der Waals surface area contributed by atoms with Gasteiger partial charge in [-0.2, -0.15) is 0 Å². The van der Waals surface area contributed by atoms with Crippen molar-refractivity contribution in [2.75, 3.05) is 5.75 Å². The highest BCUT2D eigenvalue weighted by Crippen LogP contribution is 2.29. The van der Waals surface area contributed by atoms with Crippen molar-refractivity contribution in [1.29, 1.82) is 0 Å². The van der Waals surface area contributed by atoms with Gasteiger partial charge in [0, 0.05) is 11.8 Å². The van der Waals surface area contributed by atoms with Crippen molar-refractivity contribution < 1.29 is 14.3 Å². The summed E-state index contributed by atoms with van der Waals surface area (Å²) in [5.41, 5.74) is 0.581. The van der Waals surface area contributed by atoms with Gasteiger partial charge in [0.15, 0.2) is 6.04 Å². The standard InChI is InChI=1S/C11H7FN2O2S2/c12-5-1-2-8-6(3-5)13-10(18-8)9-14-7(4-17-9)11(15)16/h1-3,7H,4H2,(H,15,16). The molecule has 1 N–H and O–H groups in total. The van der Waals surface area contributed by atoms with Crippen LogP contribution in [0.2, 0.25) is 0 Å². The molecule has 0 saturated carbocycles. The Morgan fingerprint density at radius 3 is 3.06 bits per heavy atom. The normalized spacial score (nSPS) is 19.2. The minimum absolute atomic E-state index is 0.330. The van der Waals surface area contributed by atoms with Gasteiger partial charge in [0.25, 0.3) is 0 Å². The Morgan fingerprint density at radius 1 is 1.50 bits per heavy atom. The van der Waals surface area contributed by atoms with Gasteiger partial charge in [-0.05, 0) is 12.1 Å². The van der Waals surface area contributed by atoms with Crippen molar-refractivity contribution in [3.8, 4) is 0 Å². The SMILES string of the molecule is O=C(O)C1CSC(c2nc3cc(F)ccc3s2)=N1. The molecule has 7 heteroatoms. The summed E-state index contributed by atoms with van der Waals surface area (Å²) in [7, 11) is 0. The second-order valence-electron chi connectivity index (χ2n) is 3.73. The molecule has 2 aromatic rings. The first-order chi connectivity index (χ1) is 8.63. The number of thioether (sulfide) groups is 1. The first-order valence-corrected chi connectivity index (χ1v) is 6.93. The number of thiazole rings is 1. The van der Waals surface area contributed by atoms with E-state index in [0.29, 0.717) is 21.3 Å². The van der Waals surface area contributed by atoms with Crippen LogP contribution in [0.25, 0.3) is 10.2 Å². The van der Waals surface area contributed by atoms with Crippen LogP contribution >= 0.6 is 23.1 Å². The van der Waals surface area contributed by atoms with Crippen LogP contribution in [0.15, 0.2) is 23.2 Å². The average Bonchev–Trinajstić information content (AvgIpc) is 2.93. The van der Waals surface area contributed by atoms with Crippen molar-refractivity contribution >= 4 is 44.3 Å². The summed E-state index contributed by atoms with van der Waals surface area (Å²) in [6, 6.07) is 3.72. The van der Waals surface area contributed by atoms with Gasteiger partial charge in [-0.1, -0.05) is 0 Å². The summed E-state index contributed by atoms with van der Waals surface area (Å²) in [4.78, 5) is 19.2. The first-order valence-electron chi connectivity index (χ1n) is 5.13. The fourth-order valence-electron chi connectivity index (χ4n) is 1.61. The minimum Gasteiger partial charge on any atom is -0.480 e. The summed E-state index contributed by atoms with van der Waals surface area (Å²) in [6.45, 7) is 0. The maximum Gasteiger partial charge on any atom is 0.329 e. The van der Waals surface area contributed by atoms with E-state index in [4.69, 9.17) is 5.11 Å². The zero-order valence-electron chi connectivity index (χ0n) is 8.96. The molecule has 1 aromatic carbocycles. The molecule has 0 aliphatic carbocycles. The fraction of sp³-hybridized carbons (Fsp3) is 0.182. The van der Waals surface area contributed by atoms with Crippen LogP contribution in [-0.4, -0.2) is 32.9 Å². The number of carbonyl (C=O) groups is 1. The van der Waals surface area contributed by atoms with Crippen molar-refractivity contribution in [3.63, 3.8) is 0 Å². The van der Waals surface area contributed by atoms with Gasteiger partial charge in [0.2, 0.25) is 0 Å². The molecule has 0 bridgehead atoms. The van der Waals surface area contributed by atoms with Gasteiger partial charge in [-0.15, -0.1) is 23.1 Å². The number of hydrogen-bond donors (Lipinski definition) is 1. The van der Waals surface area contributed by atoms with Gasteiger partial charge >= 0.3 is 5.97 Å². The number of aliphatic carboxylic acids is 1. The molecule has 0 spiro atoms. The Balaban J connectivity index is 2.00. The number of aromatic nitrogens is 1. The van der Waals surface area contributed by atoms with E-state index in [1.165, 1.54) is 35.2 Å². The molecule has 1 aliphatic rings. The smallest absolute Gasteiger partial charge is 0.329 e. The second-order valence-corrected chi connectivity index (χ2v) is 5.77. The number of aliphatic imine (C=N–C) groups is 1. The van der Waals surface area contributed by atoms with Crippen molar-refractivity contribution in [3.05, 3.63) is 29.0 Å². The Hall–Kier alpha value is -1.47. The summed E-state index contributed by atoms with van der Waals surface area (Å²) in [5.74, 6) is -0.831. The number of fused-ring (bicyclic) bond motifs is 1. The molecule has 2 heterocycles. The van der Waals surface area contributed by atoms with Gasteiger partial charge in [0.05, 0.1) is 10.2 Å². The lowest BCUT2D eigenvalue weighted by molar-refractivity contribution is -0.137. The lowest BCUT2D eigenvalue weighted by Crippen LogP contribution is -2.17. The molecular formula is C11H7FN2O2S2. The Bertz CT molecular complexity index is 668. The van der Waals surface area contributed by atoms with Crippen LogP contribution in [0.4, 0.5) is 4.39 Å². The van der Waals surface area contributed by atoms with E-state index >= 15 is 0 Å². The molecule has 4 nitrogen and oxygen atoms in total. The Morgan fingerprint density at radius 2 is 2.33 bits per heavy atom. The number of halogens is 1. The van der Waals surface area contributed by atoms with Crippen molar-refractivity contribution in [1.82, 2.24) is 4.98 Å². The van der Waals surface area contributed by atoms with E-state index in [1.54, 1.807) is 6.07 Å². The summed E-state index contributed by atoms with van der Waals surface area (Å²) in [6.07, 6.45) is 0. The number of rotatable bonds is 2. The van der Waals surface area contributed by atoms with Crippen LogP contribution in [0.3, 0.4) is 0 Å². The maximum atomic E-state index is 13.0. The third-order valence-electron chi connectivity index (χ3n) is 2.47. The highest BCUT2D eigenvalue weighted by Gasteiger charge is 2.26. The number of nitrogens with zero attached hydrogens (tertiary/aromatic N) is 2. The monoisotopic (exact) mass is 282 g/mol. The highest BCUT2D eigenvalue weighted by molar-refractivity contribution is 8.15. The largest absolute Gasteiger partial charge is 0.480 e. The van der Waals surface area contributed by atoms with Crippen LogP contribution < -0.4 is 0 Å². The van der Waals surface area contributed by atoms with Gasteiger partial charge in [0.1, 0.15) is 15.9 Å². The summed E-state index contributed by atoms with van der Waals surface area (Å²) in [5, 5.41) is 10.2. The molecule has 0 saturated heterocycles. The van der Waals surface area contributed by atoms with Crippen LogP contribution in [0.5, 0.6) is 0 Å². The van der Waals surface area contributed by atoms with E-state index in [-0.39, 0.29) is 5.82 Å². The molecule has 1 unspecified atom stereocenters. The van der Waals surface area contributed by atoms with E-state index in [9.17, 15) is 9.18 Å². The number of carboxylic acids is 1. The predicted molar refractivity (Wildman–Crippen MR) is 70.0 cm³/mol. The zero-order chi connectivity index (χ0) is 12.7. The van der Waals surface area contributed by atoms with Gasteiger partial charge < -0.3 is 5.11 Å². The molecule has 0 radical (unpaired) electrons. The number of hydrogen-bond acceptors (Lipinski definition) is 5. The Labute approximate surface area is 110 Å². The van der Waals surface area contributed by atoms with E-state index in [2.05, 4.69) is 9.98 Å². The van der Waals surface area contributed by atoms with Gasteiger partial charge in [-0.3, -0.25) is 4.99 Å². The van der Waals surface area contributed by atoms with E-state index < -0.39 is 12.0 Å². The summed E-state index contributed by atoms with van der Waals surface area (Å²) >= 11 is 2.77. The van der Waals surface area contributed by atoms with E-state index in [1.807, 2.05) is 0 Å². The molecule has 1 aromatic heterocycles. The Kier molecular flexibility index (Phi) is 2.79. The quantitative estimate of drug-likeness (QED) is 0.918. The van der Waals surface area contributed by atoms with Crippen LogP contribution in [-0.2, 0) is 4.79 Å². The first kappa shape index (κ1) is 11.6. The molecule has 3 rings (SSSR count). The van der Waals surface area contributed by atoms with Crippen LogP contribution in [0, 0.1) is 5.82 Å². The molecule has 18 heavy (non-hydrogen) atoms. The lowest BCUT2D eigenvalue weighted by atomic mass is 10.3. The van der Waals surface area contributed by atoms with Crippen molar-refractivity contribution in [2.24, 2.45) is 4.99 Å². The minimum atomic E-state index is -0.926. The zero-order valence-corrected chi connectivity index (χ0v) is 10.6. The fourth-order valence-corrected chi connectivity index (χ4v) is 3.65. The second kappa shape index (κ2) is 4.33. The van der Waals surface area contributed by atoms with Gasteiger partial charge in [-0.25, -0.2) is 14.2 Å². The van der Waals surface area contributed by atoms with E-state index in [0.717, 1.165) is 4.70 Å². The third-order valence-corrected chi connectivity index (χ3v) is 4.70. The predicted octanol–water partition coefficient (Wildman–Crippen LogP) is 2.38. The maximum absolute atomic E-state index is 13.0. The summed E-state index contributed by atoms with van der Waals surface area (Å²) < 4.78 is 13.9. The molecule has 1 atom stereocenters.